The number of hydrogen-bond donors (Lipinski definition) is 2. The van der Waals surface area contributed by atoms with Gasteiger partial charge in [-0.05, 0) is 110 Å². The van der Waals surface area contributed by atoms with Crippen LogP contribution in [0.25, 0.3) is 0 Å². The van der Waals surface area contributed by atoms with Gasteiger partial charge in [-0.25, -0.2) is 0 Å². The SMILES string of the molecule is Cc1cc2c(cc1C)C(C#N)(CCC(=O)c1ccoc1)C2.Cc1cc2c(cc1C)C(C#N)(CCC1(c3ccoc3)OCCO1)C2.OCCO. The number of ketones is 1. The average molecular weight is 665 g/mol. The molecule has 256 valence electrons. The number of fused-ring (bicyclic) bond motifs is 2. The maximum absolute atomic E-state index is 12.1. The number of aryl methyl sites for hydroxylation is 4. The summed E-state index contributed by atoms with van der Waals surface area (Å²) in [6.07, 6.45) is 10.1. The molecule has 0 saturated carbocycles. The van der Waals surface area contributed by atoms with E-state index in [9.17, 15) is 15.3 Å². The van der Waals surface area contributed by atoms with Gasteiger partial charge in [0.2, 0.25) is 0 Å². The highest BCUT2D eigenvalue weighted by molar-refractivity contribution is 5.95. The molecule has 1 aliphatic heterocycles. The molecule has 2 aromatic heterocycles. The number of carbonyl (C=O) groups is 1. The van der Waals surface area contributed by atoms with Gasteiger partial charge in [0, 0.05) is 18.4 Å². The van der Waals surface area contributed by atoms with Gasteiger partial charge in [-0.3, -0.25) is 4.79 Å². The fourth-order valence-corrected chi connectivity index (χ4v) is 6.98. The molecule has 4 aromatic rings. The van der Waals surface area contributed by atoms with Crippen LogP contribution in [0.15, 0.2) is 70.3 Å². The van der Waals surface area contributed by atoms with Crippen LogP contribution in [0.2, 0.25) is 0 Å². The lowest BCUT2D eigenvalue weighted by Crippen LogP contribution is -2.40. The second kappa shape index (κ2) is 14.9. The van der Waals surface area contributed by atoms with Crippen molar-refractivity contribution in [3.05, 3.63) is 117 Å². The Morgan fingerprint density at radius 2 is 1.24 bits per heavy atom. The standard InChI is InChI=1S/C20H21NO3.C18H17NO2.C2H6O2/c1-14-9-16-11-19(13-21,18(16)10-15(14)2)4-5-20(23-7-8-24-20)17-3-6-22-12-17;1-12-7-15-9-18(11-19,16(15)8-13(12)2)5-3-17(20)14-4-6-21-10-14;3-1-2-4/h3,6,9-10,12H,4-5,7-8,11H2,1-2H3;4,6-8,10H,3,5,9H2,1-2H3;3-4H,1-2H2. The molecule has 2 aliphatic carbocycles. The van der Waals surface area contributed by atoms with Crippen LogP contribution in [0.3, 0.4) is 0 Å². The van der Waals surface area contributed by atoms with Crippen molar-refractivity contribution in [2.24, 2.45) is 0 Å². The Morgan fingerprint density at radius 1 is 0.735 bits per heavy atom. The molecule has 2 aromatic carbocycles. The summed E-state index contributed by atoms with van der Waals surface area (Å²) in [7, 11) is 0. The largest absolute Gasteiger partial charge is 0.472 e. The molecule has 0 bridgehead atoms. The molecule has 7 rings (SSSR count). The van der Waals surface area contributed by atoms with Gasteiger partial charge in [-0.15, -0.1) is 0 Å². The van der Waals surface area contributed by atoms with Crippen LogP contribution in [0, 0.1) is 50.4 Å². The van der Waals surface area contributed by atoms with Gasteiger partial charge in [0.15, 0.2) is 11.6 Å². The zero-order valence-electron chi connectivity index (χ0n) is 28.7. The molecule has 49 heavy (non-hydrogen) atoms. The Kier molecular flexibility index (Phi) is 10.9. The predicted octanol–water partition coefficient (Wildman–Crippen LogP) is 6.74. The van der Waals surface area contributed by atoms with Crippen LogP contribution in [0.5, 0.6) is 0 Å². The molecule has 9 nitrogen and oxygen atoms in total. The minimum Gasteiger partial charge on any atom is -0.472 e. The molecular formula is C40H44N2O7. The van der Waals surface area contributed by atoms with Crippen molar-refractivity contribution < 1.29 is 33.3 Å². The van der Waals surface area contributed by atoms with Crippen LogP contribution >= 0.6 is 0 Å². The number of aliphatic hydroxyl groups excluding tert-OH is 2. The van der Waals surface area contributed by atoms with Crippen molar-refractivity contribution in [3.63, 3.8) is 0 Å². The number of ether oxygens (including phenoxy) is 2. The summed E-state index contributed by atoms with van der Waals surface area (Å²) in [5, 5.41) is 34.7. The molecule has 1 fully saturated rings. The monoisotopic (exact) mass is 664 g/mol. The van der Waals surface area contributed by atoms with Gasteiger partial charge < -0.3 is 28.5 Å². The number of hydrogen-bond acceptors (Lipinski definition) is 9. The lowest BCUT2D eigenvalue weighted by molar-refractivity contribution is -0.173. The van der Waals surface area contributed by atoms with E-state index >= 15 is 0 Å². The molecule has 0 amide bonds. The second-order valence-electron chi connectivity index (χ2n) is 13.3. The zero-order chi connectivity index (χ0) is 35.2. The Labute approximate surface area is 287 Å². The number of nitrogens with zero attached hydrogens (tertiary/aromatic N) is 2. The maximum Gasteiger partial charge on any atom is 0.198 e. The highest BCUT2D eigenvalue weighted by Crippen LogP contribution is 2.49. The minimum absolute atomic E-state index is 0.0376. The quantitative estimate of drug-likeness (QED) is 0.185. The third-order valence-electron chi connectivity index (χ3n) is 10.2. The number of furan rings is 2. The zero-order valence-corrected chi connectivity index (χ0v) is 28.7. The number of carbonyl (C=O) groups excluding carboxylic acids is 1. The smallest absolute Gasteiger partial charge is 0.198 e. The van der Waals surface area contributed by atoms with E-state index in [4.69, 9.17) is 28.5 Å². The first-order valence-electron chi connectivity index (χ1n) is 16.7. The molecule has 3 aliphatic rings. The molecule has 2 unspecified atom stereocenters. The summed E-state index contributed by atoms with van der Waals surface area (Å²) >= 11 is 0. The molecule has 3 heterocycles. The molecule has 0 radical (unpaired) electrons. The van der Waals surface area contributed by atoms with E-state index in [0.717, 1.165) is 24.0 Å². The van der Waals surface area contributed by atoms with Crippen LogP contribution in [-0.2, 0) is 38.9 Å². The summed E-state index contributed by atoms with van der Waals surface area (Å²) in [5.41, 5.74) is 10.4. The number of nitriles is 2. The Balaban J connectivity index is 0.000000174. The molecule has 0 spiro atoms. The summed E-state index contributed by atoms with van der Waals surface area (Å²) in [4.78, 5) is 12.1. The Morgan fingerprint density at radius 3 is 1.71 bits per heavy atom. The van der Waals surface area contributed by atoms with Gasteiger partial charge in [0.1, 0.15) is 6.26 Å². The number of rotatable bonds is 9. The first-order valence-corrected chi connectivity index (χ1v) is 16.7. The van der Waals surface area contributed by atoms with E-state index in [-0.39, 0.29) is 19.0 Å². The van der Waals surface area contributed by atoms with E-state index in [1.807, 2.05) is 6.07 Å². The van der Waals surface area contributed by atoms with E-state index in [1.165, 1.54) is 51.5 Å². The lowest BCUT2D eigenvalue weighted by atomic mass is 9.61. The highest BCUT2D eigenvalue weighted by atomic mass is 16.7. The number of Topliss-reactive ketones (excluding diaryl/α,β-unsaturated/α-hetero) is 1. The van der Waals surface area contributed by atoms with Crippen molar-refractivity contribution in [1.82, 2.24) is 0 Å². The first-order chi connectivity index (χ1) is 23.6. The fourth-order valence-electron chi connectivity index (χ4n) is 6.98. The van der Waals surface area contributed by atoms with E-state index in [0.29, 0.717) is 44.5 Å². The Bertz CT molecular complexity index is 1840. The normalized spacial score (nSPS) is 20.8. The third kappa shape index (κ3) is 7.13. The summed E-state index contributed by atoms with van der Waals surface area (Å²) in [5.74, 6) is -0.734. The van der Waals surface area contributed by atoms with Crippen LogP contribution < -0.4 is 0 Å². The first kappa shape index (κ1) is 35.8. The average Bonchev–Trinajstić information content (AvgIpc) is 3.91. The van der Waals surface area contributed by atoms with E-state index in [1.54, 1.807) is 18.6 Å². The van der Waals surface area contributed by atoms with Crippen LogP contribution in [-0.4, -0.2) is 42.4 Å². The predicted molar refractivity (Wildman–Crippen MR) is 182 cm³/mol. The van der Waals surface area contributed by atoms with Crippen molar-refractivity contribution in [1.29, 1.82) is 10.5 Å². The van der Waals surface area contributed by atoms with Crippen molar-refractivity contribution >= 4 is 5.78 Å². The second-order valence-corrected chi connectivity index (χ2v) is 13.3. The van der Waals surface area contributed by atoms with Crippen molar-refractivity contribution in [2.45, 2.75) is 82.8 Å². The summed E-state index contributed by atoms with van der Waals surface area (Å²) in [6, 6.07) is 17.2. The molecule has 9 heteroatoms. The van der Waals surface area contributed by atoms with E-state index < -0.39 is 16.6 Å². The number of benzene rings is 2. The van der Waals surface area contributed by atoms with Gasteiger partial charge >= 0.3 is 0 Å². The lowest BCUT2D eigenvalue weighted by Gasteiger charge is -2.41. The maximum atomic E-state index is 12.1. The molecular weight excluding hydrogens is 620 g/mol. The van der Waals surface area contributed by atoms with Crippen molar-refractivity contribution in [3.8, 4) is 12.1 Å². The van der Waals surface area contributed by atoms with Crippen LogP contribution in [0.1, 0.15) is 86.1 Å². The highest BCUT2D eigenvalue weighted by Gasteiger charge is 2.48. The molecule has 2 N–H and O–H groups in total. The van der Waals surface area contributed by atoms with Gasteiger partial charge in [-0.2, -0.15) is 10.5 Å². The fraction of sp³-hybridized carbons (Fsp3) is 0.425. The van der Waals surface area contributed by atoms with E-state index in [2.05, 4.69) is 64.1 Å². The van der Waals surface area contributed by atoms with Gasteiger partial charge in [0.25, 0.3) is 0 Å². The molecule has 2 atom stereocenters. The Hall–Kier alpha value is -4.51. The van der Waals surface area contributed by atoms with Gasteiger partial charge in [0.05, 0.1) is 73.7 Å². The summed E-state index contributed by atoms with van der Waals surface area (Å²) < 4.78 is 22.0. The molecule has 1 saturated heterocycles. The summed E-state index contributed by atoms with van der Waals surface area (Å²) in [6.45, 7) is 9.26. The number of aliphatic hydroxyl groups is 2. The van der Waals surface area contributed by atoms with Gasteiger partial charge in [-0.1, -0.05) is 24.3 Å². The third-order valence-corrected chi connectivity index (χ3v) is 10.2. The van der Waals surface area contributed by atoms with Crippen LogP contribution in [0.4, 0.5) is 0 Å². The van der Waals surface area contributed by atoms with Crippen molar-refractivity contribution in [2.75, 3.05) is 26.4 Å². The topological polar surface area (TPSA) is 150 Å². The minimum atomic E-state index is -0.771.